The molecule has 0 radical (unpaired) electrons. The monoisotopic (exact) mass is 482 g/mol. The van der Waals surface area contributed by atoms with E-state index in [4.69, 9.17) is 11.6 Å². The molecule has 0 atom stereocenters. The second-order valence-corrected chi connectivity index (χ2v) is 9.13. The van der Waals surface area contributed by atoms with Gasteiger partial charge in [0, 0.05) is 23.7 Å². The summed E-state index contributed by atoms with van der Waals surface area (Å²) >= 11 is 6.50. The van der Waals surface area contributed by atoms with E-state index in [1.54, 1.807) is 0 Å². The summed E-state index contributed by atoms with van der Waals surface area (Å²) in [6, 6.07) is 9.01. The SMILES string of the molecule is C=Cc1cnc2c(cc(C(=O)NCc3ccc(C)cc3)c(=O)n2CC(=O)N2CC(C)(F)C2)c1Cl. The van der Waals surface area contributed by atoms with Crippen molar-refractivity contribution in [2.24, 2.45) is 0 Å². The predicted octanol–water partition coefficient (Wildman–Crippen LogP) is 3.50. The summed E-state index contributed by atoms with van der Waals surface area (Å²) in [5, 5.41) is 3.34. The molecule has 1 aromatic carbocycles. The summed E-state index contributed by atoms with van der Waals surface area (Å²) in [4.78, 5) is 44.6. The van der Waals surface area contributed by atoms with E-state index in [1.807, 2.05) is 31.2 Å². The van der Waals surface area contributed by atoms with Gasteiger partial charge in [0.05, 0.1) is 18.1 Å². The fraction of sp³-hybridized carbons (Fsp3) is 0.280. The molecule has 1 aliphatic heterocycles. The molecule has 0 saturated carbocycles. The van der Waals surface area contributed by atoms with Crippen LogP contribution < -0.4 is 10.9 Å². The van der Waals surface area contributed by atoms with Gasteiger partial charge in [0.15, 0.2) is 0 Å². The number of likely N-dealkylation sites (tertiary alicyclic amines) is 1. The van der Waals surface area contributed by atoms with Crippen LogP contribution in [0, 0.1) is 6.92 Å². The standard InChI is InChI=1S/C25H24ClFN4O3/c1-4-17-11-28-22-18(21(17)26)9-19(23(33)29-10-16-7-5-15(2)6-8-16)24(34)31(22)12-20(32)30-13-25(3,27)14-30/h4-9,11H,1,10,12-14H2,2-3H3,(H,29,33). The maximum atomic E-state index is 13.9. The van der Waals surface area contributed by atoms with Crippen molar-refractivity contribution in [2.75, 3.05) is 13.1 Å². The maximum absolute atomic E-state index is 13.9. The van der Waals surface area contributed by atoms with Gasteiger partial charge in [-0.05, 0) is 25.5 Å². The molecular formula is C25H24ClFN4O3. The number of hydrogen-bond acceptors (Lipinski definition) is 4. The highest BCUT2D eigenvalue weighted by atomic mass is 35.5. The average Bonchev–Trinajstić information content (AvgIpc) is 2.78. The van der Waals surface area contributed by atoms with Crippen LogP contribution in [0.2, 0.25) is 5.02 Å². The van der Waals surface area contributed by atoms with E-state index in [1.165, 1.54) is 30.2 Å². The number of carbonyl (C=O) groups is 2. The normalized spacial score (nSPS) is 14.5. The minimum absolute atomic E-state index is 0.0515. The Balaban J connectivity index is 1.71. The van der Waals surface area contributed by atoms with Crippen molar-refractivity contribution in [2.45, 2.75) is 32.6 Å². The van der Waals surface area contributed by atoms with Crippen LogP contribution in [0.15, 0.2) is 47.9 Å². The first-order valence-electron chi connectivity index (χ1n) is 10.7. The lowest BCUT2D eigenvalue weighted by molar-refractivity contribution is -0.144. The molecule has 0 bridgehead atoms. The zero-order valence-corrected chi connectivity index (χ0v) is 19.7. The van der Waals surface area contributed by atoms with Crippen molar-refractivity contribution in [3.05, 3.63) is 80.7 Å². The Kier molecular flexibility index (Phi) is 6.27. The lowest BCUT2D eigenvalue weighted by Crippen LogP contribution is -2.60. The molecule has 4 rings (SSSR count). The molecule has 3 heterocycles. The Morgan fingerprint density at radius 2 is 1.97 bits per heavy atom. The summed E-state index contributed by atoms with van der Waals surface area (Å²) in [5.74, 6) is -1.05. The highest BCUT2D eigenvalue weighted by Crippen LogP contribution is 2.28. The van der Waals surface area contributed by atoms with Crippen molar-refractivity contribution < 1.29 is 14.0 Å². The lowest BCUT2D eigenvalue weighted by Gasteiger charge is -2.42. The number of hydrogen-bond donors (Lipinski definition) is 1. The Labute approximate surface area is 200 Å². The zero-order chi connectivity index (χ0) is 24.6. The van der Waals surface area contributed by atoms with Crippen LogP contribution >= 0.6 is 11.6 Å². The van der Waals surface area contributed by atoms with Crippen molar-refractivity contribution >= 4 is 40.5 Å². The van der Waals surface area contributed by atoms with E-state index in [9.17, 15) is 18.8 Å². The maximum Gasteiger partial charge on any atom is 0.265 e. The summed E-state index contributed by atoms with van der Waals surface area (Å²) in [6.07, 6.45) is 2.95. The number of pyridine rings is 2. The van der Waals surface area contributed by atoms with Crippen LogP contribution in [0.5, 0.6) is 0 Å². The second-order valence-electron chi connectivity index (χ2n) is 8.75. The first-order valence-corrected chi connectivity index (χ1v) is 11.1. The molecule has 34 heavy (non-hydrogen) atoms. The average molecular weight is 483 g/mol. The van der Waals surface area contributed by atoms with E-state index in [2.05, 4.69) is 16.9 Å². The van der Waals surface area contributed by atoms with Crippen LogP contribution in [-0.4, -0.2) is 45.0 Å². The smallest absolute Gasteiger partial charge is 0.265 e. The molecule has 1 fully saturated rings. The molecule has 0 aliphatic carbocycles. The third-order valence-electron chi connectivity index (χ3n) is 5.80. The van der Waals surface area contributed by atoms with Crippen molar-refractivity contribution in [1.29, 1.82) is 0 Å². The Bertz CT molecular complexity index is 1360. The molecule has 1 saturated heterocycles. The highest BCUT2D eigenvalue weighted by Gasteiger charge is 2.41. The van der Waals surface area contributed by atoms with Crippen molar-refractivity contribution in [3.8, 4) is 0 Å². The van der Waals surface area contributed by atoms with E-state index in [0.29, 0.717) is 10.9 Å². The van der Waals surface area contributed by atoms with E-state index < -0.39 is 23.0 Å². The van der Waals surface area contributed by atoms with Gasteiger partial charge < -0.3 is 10.2 Å². The number of carbonyl (C=O) groups excluding carboxylic acids is 2. The predicted molar refractivity (Wildman–Crippen MR) is 130 cm³/mol. The molecule has 9 heteroatoms. The van der Waals surface area contributed by atoms with Gasteiger partial charge in [-0.3, -0.25) is 19.0 Å². The largest absolute Gasteiger partial charge is 0.348 e. The molecule has 2 amide bonds. The molecule has 1 aliphatic rings. The number of amides is 2. The molecule has 0 spiro atoms. The Morgan fingerprint density at radius 1 is 1.29 bits per heavy atom. The van der Waals surface area contributed by atoms with Crippen LogP contribution in [0.4, 0.5) is 4.39 Å². The third-order valence-corrected chi connectivity index (χ3v) is 6.22. The number of nitrogens with one attached hydrogen (secondary N) is 1. The fourth-order valence-electron chi connectivity index (χ4n) is 3.90. The fourth-order valence-corrected chi connectivity index (χ4v) is 4.16. The van der Waals surface area contributed by atoms with Crippen LogP contribution in [0.25, 0.3) is 17.1 Å². The molecular weight excluding hydrogens is 459 g/mol. The quantitative estimate of drug-likeness (QED) is 0.582. The zero-order valence-electron chi connectivity index (χ0n) is 18.9. The number of benzene rings is 1. The lowest BCUT2D eigenvalue weighted by atomic mass is 9.99. The number of alkyl halides is 1. The number of aryl methyl sites for hydroxylation is 1. The van der Waals surface area contributed by atoms with E-state index in [0.717, 1.165) is 15.7 Å². The minimum Gasteiger partial charge on any atom is -0.348 e. The Morgan fingerprint density at radius 3 is 2.59 bits per heavy atom. The first kappa shape index (κ1) is 23.6. The molecule has 1 N–H and O–H groups in total. The van der Waals surface area contributed by atoms with Crippen molar-refractivity contribution in [3.63, 3.8) is 0 Å². The molecule has 7 nitrogen and oxygen atoms in total. The summed E-state index contributed by atoms with van der Waals surface area (Å²) in [5.41, 5.74) is 0.349. The summed E-state index contributed by atoms with van der Waals surface area (Å²) < 4.78 is 15.0. The van der Waals surface area contributed by atoms with Gasteiger partial charge in [-0.25, -0.2) is 9.37 Å². The van der Waals surface area contributed by atoms with Gasteiger partial charge in [-0.15, -0.1) is 0 Å². The molecule has 2 aromatic heterocycles. The molecule has 0 unspecified atom stereocenters. The van der Waals surface area contributed by atoms with E-state index >= 15 is 0 Å². The van der Waals surface area contributed by atoms with Gasteiger partial charge in [0.25, 0.3) is 11.5 Å². The topological polar surface area (TPSA) is 84.3 Å². The van der Waals surface area contributed by atoms with Crippen molar-refractivity contribution in [1.82, 2.24) is 19.8 Å². The number of aromatic nitrogens is 2. The van der Waals surface area contributed by atoms with Gasteiger partial charge >= 0.3 is 0 Å². The first-order chi connectivity index (χ1) is 16.1. The van der Waals surface area contributed by atoms with Gasteiger partial charge in [-0.2, -0.15) is 0 Å². The van der Waals surface area contributed by atoms with Gasteiger partial charge in [-0.1, -0.05) is 54.1 Å². The number of nitrogens with zero attached hydrogens (tertiary/aromatic N) is 3. The van der Waals surface area contributed by atoms with Gasteiger partial charge in [0.1, 0.15) is 23.4 Å². The second kappa shape index (κ2) is 9.02. The summed E-state index contributed by atoms with van der Waals surface area (Å²) in [7, 11) is 0. The highest BCUT2D eigenvalue weighted by molar-refractivity contribution is 6.36. The molecule has 3 aromatic rings. The third kappa shape index (κ3) is 4.59. The minimum atomic E-state index is -1.44. The van der Waals surface area contributed by atoms with Crippen LogP contribution in [0.3, 0.4) is 0 Å². The Hall–Kier alpha value is -3.52. The number of rotatable bonds is 6. The number of fused-ring (bicyclic) bond motifs is 1. The summed E-state index contributed by atoms with van der Waals surface area (Å²) in [6.45, 7) is 6.80. The van der Waals surface area contributed by atoms with Crippen LogP contribution in [-0.2, 0) is 17.9 Å². The van der Waals surface area contributed by atoms with Crippen LogP contribution in [0.1, 0.15) is 34.0 Å². The van der Waals surface area contributed by atoms with Gasteiger partial charge in [0.2, 0.25) is 5.91 Å². The molecule has 176 valence electrons. The van der Waals surface area contributed by atoms with E-state index in [-0.39, 0.29) is 42.4 Å². The number of halogens is 2.